The van der Waals surface area contributed by atoms with Gasteiger partial charge in [-0.15, -0.1) is 0 Å². The Morgan fingerprint density at radius 1 is 0.379 bits per heavy atom. The van der Waals surface area contributed by atoms with E-state index in [2.05, 4.69) is 233 Å². The van der Waals surface area contributed by atoms with Crippen molar-refractivity contribution < 1.29 is 4.42 Å². The van der Waals surface area contributed by atoms with Gasteiger partial charge in [0.2, 0.25) is 0 Å². The number of aromatic nitrogens is 1. The van der Waals surface area contributed by atoms with Crippen LogP contribution in [0.5, 0.6) is 0 Å². The molecule has 0 unspecified atom stereocenters. The second kappa shape index (κ2) is 14.5. The van der Waals surface area contributed by atoms with Gasteiger partial charge in [0.05, 0.1) is 16.6 Å². The maximum absolute atomic E-state index is 6.28. The van der Waals surface area contributed by atoms with Gasteiger partial charge in [-0.05, 0) is 167 Å². The van der Waals surface area contributed by atoms with Gasteiger partial charge in [-0.3, -0.25) is 0 Å². The van der Waals surface area contributed by atoms with Gasteiger partial charge in [-0.2, -0.15) is 0 Å². The Morgan fingerprint density at radius 2 is 0.924 bits per heavy atom. The zero-order valence-corrected chi connectivity index (χ0v) is 36.0. The van der Waals surface area contributed by atoms with E-state index in [1.165, 1.54) is 82.2 Å². The number of hydrogen-bond donors (Lipinski definition) is 0. The first-order valence-electron chi connectivity index (χ1n) is 22.9. The van der Waals surface area contributed by atoms with E-state index in [-0.39, 0.29) is 0 Å². The lowest BCUT2D eigenvalue weighted by atomic mass is 9.96. The second-order valence-electron chi connectivity index (χ2n) is 17.7. The molecule has 0 radical (unpaired) electrons. The zero-order chi connectivity index (χ0) is 43.3. The van der Waals surface area contributed by atoms with Crippen molar-refractivity contribution in [3.63, 3.8) is 0 Å². The minimum atomic E-state index is 0.907. The highest BCUT2D eigenvalue weighted by Crippen LogP contribution is 2.46. The molecule has 310 valence electrons. The number of nitrogens with zero attached hydrogens (tertiary/aromatic N) is 3. The van der Waals surface area contributed by atoms with Crippen LogP contribution in [0.1, 0.15) is 12.8 Å². The van der Waals surface area contributed by atoms with Crippen LogP contribution in [-0.4, -0.2) is 4.40 Å². The van der Waals surface area contributed by atoms with E-state index in [1.54, 1.807) is 0 Å². The summed E-state index contributed by atoms with van der Waals surface area (Å²) < 4.78 is 8.82. The van der Waals surface area contributed by atoms with Crippen molar-refractivity contribution in [1.82, 2.24) is 4.40 Å². The molecule has 10 aromatic carbocycles. The van der Waals surface area contributed by atoms with E-state index < -0.39 is 0 Å². The van der Waals surface area contributed by atoms with Crippen molar-refractivity contribution in [2.45, 2.75) is 12.8 Å². The van der Waals surface area contributed by atoms with Gasteiger partial charge in [-0.1, -0.05) is 103 Å². The molecule has 66 heavy (non-hydrogen) atoms. The average Bonchev–Trinajstić information content (AvgIpc) is 4.02. The number of anilines is 5. The monoisotopic (exact) mass is 843 g/mol. The van der Waals surface area contributed by atoms with Crippen LogP contribution in [0.25, 0.3) is 92.7 Å². The Hall–Kier alpha value is -8.60. The molecular weight excluding hydrogens is 803 g/mol. The maximum Gasteiger partial charge on any atom is 0.135 e. The Bertz CT molecular complexity index is 4070. The maximum atomic E-state index is 6.28. The van der Waals surface area contributed by atoms with Crippen LogP contribution in [0.4, 0.5) is 28.4 Å². The largest absolute Gasteiger partial charge is 0.456 e. The van der Waals surface area contributed by atoms with Gasteiger partial charge in [0, 0.05) is 66.5 Å². The molecule has 14 rings (SSSR count). The number of rotatable bonds is 7. The summed E-state index contributed by atoms with van der Waals surface area (Å²) in [6, 6.07) is 75.5. The Labute approximate surface area is 381 Å². The summed E-state index contributed by atoms with van der Waals surface area (Å²) in [7, 11) is 0. The number of para-hydroxylation sites is 4. The lowest BCUT2D eigenvalue weighted by Gasteiger charge is -2.29. The van der Waals surface area contributed by atoms with E-state index in [1.807, 2.05) is 6.07 Å². The summed E-state index contributed by atoms with van der Waals surface area (Å²) in [5.41, 5.74) is 14.8. The number of furan rings is 1. The molecule has 1 aliphatic carbocycles. The standard InChI is InChI=1S/C62H41N3O/c1-5-15-46(16-6-1)63(47-17-7-2-8-18-47)50-28-25-40-33-53-56-36-45(42-27-30-61-55(35-42)52-23-13-14-24-60(52)66-61)37-57-54-34-41-26-29-51(64(48-19-9-3-10-20-48)49-21-11-4-12-22-49)32-44(41)39-59(54)65(62(56)57)58(53)38-43(40)31-50/h1-11,13-21,23-39H,12,22H2. The van der Waals surface area contributed by atoms with Crippen molar-refractivity contribution in [3.8, 4) is 11.1 Å². The lowest BCUT2D eigenvalue weighted by molar-refractivity contribution is 0.669. The zero-order valence-electron chi connectivity index (χ0n) is 36.0. The average molecular weight is 844 g/mol. The number of fused-ring (bicyclic) bond motifs is 11. The Balaban J connectivity index is 1.02. The quantitative estimate of drug-likeness (QED) is 0.160. The first-order valence-corrected chi connectivity index (χ1v) is 22.9. The molecule has 0 saturated heterocycles. The van der Waals surface area contributed by atoms with Crippen molar-refractivity contribution in [2.75, 3.05) is 9.80 Å². The minimum Gasteiger partial charge on any atom is -0.456 e. The fourth-order valence-corrected chi connectivity index (χ4v) is 10.8. The highest BCUT2D eigenvalue weighted by Gasteiger charge is 2.23. The van der Waals surface area contributed by atoms with Gasteiger partial charge in [0.15, 0.2) is 0 Å². The van der Waals surface area contributed by atoms with Crippen LogP contribution in [0.15, 0.2) is 235 Å². The van der Waals surface area contributed by atoms with Gasteiger partial charge < -0.3 is 18.6 Å². The van der Waals surface area contributed by atoms with Crippen LogP contribution in [0, 0.1) is 0 Å². The van der Waals surface area contributed by atoms with Gasteiger partial charge in [0.25, 0.3) is 0 Å². The molecule has 4 heteroatoms. The van der Waals surface area contributed by atoms with E-state index in [0.29, 0.717) is 0 Å². The molecule has 0 spiro atoms. The smallest absolute Gasteiger partial charge is 0.135 e. The summed E-state index contributed by atoms with van der Waals surface area (Å²) in [5.74, 6) is 0. The third kappa shape index (κ3) is 5.71. The summed E-state index contributed by atoms with van der Waals surface area (Å²) >= 11 is 0. The molecule has 0 saturated carbocycles. The molecule has 0 atom stereocenters. The molecule has 0 amide bonds. The first-order chi connectivity index (χ1) is 32.7. The third-order valence-corrected chi connectivity index (χ3v) is 13.8. The normalized spacial score (nSPS) is 13.1. The molecule has 0 bridgehead atoms. The summed E-state index contributed by atoms with van der Waals surface area (Å²) in [6.07, 6.45) is 8.74. The van der Waals surface area contributed by atoms with Gasteiger partial charge in [-0.25, -0.2) is 0 Å². The SMILES string of the molecule is C1=CCCC(N(c2ccccc2)c2ccc3cc4c5cc(-c6ccc7oc8ccccc8c7c6)cc6c7cc8ccc(N(c9ccccc9)c9ccccc9)cc8cc7n(c4cc3c2)c56)=C1. The molecule has 13 aromatic rings. The van der Waals surface area contributed by atoms with E-state index in [0.717, 1.165) is 57.5 Å². The molecule has 3 heterocycles. The molecule has 4 nitrogen and oxygen atoms in total. The molecular formula is C62H41N3O. The molecule has 0 fully saturated rings. The highest BCUT2D eigenvalue weighted by atomic mass is 16.3. The Kier molecular flexibility index (Phi) is 8.07. The molecule has 3 aromatic heterocycles. The van der Waals surface area contributed by atoms with E-state index in [9.17, 15) is 0 Å². The fraction of sp³-hybridized carbons (Fsp3) is 0.0323. The van der Waals surface area contributed by atoms with Crippen LogP contribution in [0.3, 0.4) is 0 Å². The van der Waals surface area contributed by atoms with Crippen molar-refractivity contribution >= 4 is 110 Å². The highest BCUT2D eigenvalue weighted by molar-refractivity contribution is 6.27. The second-order valence-corrected chi connectivity index (χ2v) is 17.7. The predicted molar refractivity (Wildman–Crippen MR) is 279 cm³/mol. The predicted octanol–water partition coefficient (Wildman–Crippen LogP) is 17.6. The van der Waals surface area contributed by atoms with E-state index >= 15 is 0 Å². The summed E-state index contributed by atoms with van der Waals surface area (Å²) in [6.45, 7) is 0. The summed E-state index contributed by atoms with van der Waals surface area (Å²) in [4.78, 5) is 4.78. The van der Waals surface area contributed by atoms with Crippen LogP contribution in [0.2, 0.25) is 0 Å². The Morgan fingerprint density at radius 3 is 1.53 bits per heavy atom. The number of benzene rings is 10. The third-order valence-electron chi connectivity index (χ3n) is 13.8. The minimum absolute atomic E-state index is 0.907. The fourth-order valence-electron chi connectivity index (χ4n) is 10.8. The number of hydrogen-bond acceptors (Lipinski definition) is 3. The van der Waals surface area contributed by atoms with Gasteiger partial charge in [0.1, 0.15) is 11.2 Å². The summed E-state index contributed by atoms with van der Waals surface area (Å²) in [5, 5.41) is 12.1. The molecule has 0 N–H and O–H groups in total. The van der Waals surface area contributed by atoms with Crippen molar-refractivity contribution in [3.05, 3.63) is 230 Å². The van der Waals surface area contributed by atoms with Gasteiger partial charge >= 0.3 is 0 Å². The topological polar surface area (TPSA) is 24.0 Å². The van der Waals surface area contributed by atoms with Crippen LogP contribution >= 0.6 is 0 Å². The number of allylic oxidation sites excluding steroid dienone is 4. The van der Waals surface area contributed by atoms with Crippen molar-refractivity contribution in [1.29, 1.82) is 0 Å². The lowest BCUT2D eigenvalue weighted by Crippen LogP contribution is -2.17. The molecule has 0 aliphatic heterocycles. The van der Waals surface area contributed by atoms with Crippen LogP contribution < -0.4 is 9.80 Å². The van der Waals surface area contributed by atoms with E-state index in [4.69, 9.17) is 4.42 Å². The first kappa shape index (κ1) is 36.8. The molecule has 1 aliphatic rings. The van der Waals surface area contributed by atoms with Crippen LogP contribution in [-0.2, 0) is 0 Å². The van der Waals surface area contributed by atoms with Crippen molar-refractivity contribution in [2.24, 2.45) is 0 Å².